The summed E-state index contributed by atoms with van der Waals surface area (Å²) in [5.74, 6) is 0.549. The molecule has 0 amide bonds. The highest BCUT2D eigenvalue weighted by Gasteiger charge is 2.31. The highest BCUT2D eigenvalue weighted by Crippen LogP contribution is 2.25. The van der Waals surface area contributed by atoms with Crippen molar-refractivity contribution in [2.24, 2.45) is 11.7 Å². The molecule has 0 bridgehead atoms. The van der Waals surface area contributed by atoms with Crippen LogP contribution in [0.1, 0.15) is 33.1 Å². The second kappa shape index (κ2) is 4.81. The molecule has 2 aliphatic heterocycles. The fourth-order valence-corrected chi connectivity index (χ4v) is 2.91. The van der Waals surface area contributed by atoms with E-state index in [-0.39, 0.29) is 6.04 Å². The van der Waals surface area contributed by atoms with Crippen LogP contribution in [0.2, 0.25) is 0 Å². The van der Waals surface area contributed by atoms with Crippen LogP contribution in [0.4, 0.5) is 0 Å². The lowest BCUT2D eigenvalue weighted by Crippen LogP contribution is -2.48. The molecule has 0 aromatic heterocycles. The lowest BCUT2D eigenvalue weighted by atomic mass is 9.94. The molecule has 4 atom stereocenters. The van der Waals surface area contributed by atoms with Crippen LogP contribution in [0.3, 0.4) is 0 Å². The Kier molecular flexibility index (Phi) is 3.65. The third-order valence-corrected chi connectivity index (χ3v) is 4.07. The first-order chi connectivity index (χ1) is 7.18. The fourth-order valence-electron chi connectivity index (χ4n) is 2.91. The van der Waals surface area contributed by atoms with Gasteiger partial charge in [0.05, 0.1) is 13.2 Å². The summed E-state index contributed by atoms with van der Waals surface area (Å²) in [6.45, 7) is 7.43. The molecule has 2 rings (SSSR count). The highest BCUT2D eigenvalue weighted by molar-refractivity contribution is 4.86. The maximum atomic E-state index is 6.04. The lowest BCUT2D eigenvalue weighted by Gasteiger charge is -2.40. The smallest absolute Gasteiger partial charge is 0.0621 e. The van der Waals surface area contributed by atoms with Gasteiger partial charge in [0.25, 0.3) is 0 Å². The van der Waals surface area contributed by atoms with Crippen LogP contribution in [-0.2, 0) is 4.74 Å². The van der Waals surface area contributed by atoms with Gasteiger partial charge in [0.2, 0.25) is 0 Å². The molecule has 2 fully saturated rings. The van der Waals surface area contributed by atoms with Crippen molar-refractivity contribution in [3.63, 3.8) is 0 Å². The van der Waals surface area contributed by atoms with Crippen LogP contribution >= 0.6 is 0 Å². The van der Waals surface area contributed by atoms with Crippen LogP contribution in [0.5, 0.6) is 0 Å². The van der Waals surface area contributed by atoms with E-state index in [0.29, 0.717) is 5.92 Å². The van der Waals surface area contributed by atoms with E-state index in [9.17, 15) is 0 Å². The third kappa shape index (κ3) is 2.52. The van der Waals surface area contributed by atoms with E-state index in [2.05, 4.69) is 18.7 Å². The fraction of sp³-hybridized carbons (Fsp3) is 1.00. The van der Waals surface area contributed by atoms with E-state index >= 15 is 0 Å². The second-order valence-corrected chi connectivity index (χ2v) is 5.29. The summed E-state index contributed by atoms with van der Waals surface area (Å²) >= 11 is 0. The summed E-state index contributed by atoms with van der Waals surface area (Å²) < 4.78 is 5.43. The molecule has 0 radical (unpaired) electrons. The van der Waals surface area contributed by atoms with Crippen LogP contribution < -0.4 is 5.73 Å². The second-order valence-electron chi connectivity index (χ2n) is 5.29. The number of rotatable bonds is 2. The van der Waals surface area contributed by atoms with Crippen molar-refractivity contribution in [3.05, 3.63) is 0 Å². The van der Waals surface area contributed by atoms with Gasteiger partial charge < -0.3 is 10.5 Å². The van der Waals surface area contributed by atoms with E-state index in [1.807, 2.05) is 0 Å². The van der Waals surface area contributed by atoms with Crippen molar-refractivity contribution in [2.45, 2.75) is 51.2 Å². The summed E-state index contributed by atoms with van der Waals surface area (Å²) in [5, 5.41) is 0. The molecular weight excluding hydrogens is 188 g/mol. The summed E-state index contributed by atoms with van der Waals surface area (Å²) in [4.78, 5) is 2.63. The maximum Gasteiger partial charge on any atom is 0.0621 e. The minimum atomic E-state index is 0.256. The summed E-state index contributed by atoms with van der Waals surface area (Å²) in [5.41, 5.74) is 6.04. The zero-order chi connectivity index (χ0) is 10.8. The van der Waals surface area contributed by atoms with Crippen LogP contribution in [0, 0.1) is 5.92 Å². The van der Waals surface area contributed by atoms with Crippen molar-refractivity contribution in [1.82, 2.24) is 4.90 Å². The van der Waals surface area contributed by atoms with Gasteiger partial charge in [-0.25, -0.2) is 0 Å². The average molecular weight is 212 g/mol. The molecule has 2 heterocycles. The first-order valence-corrected chi connectivity index (χ1v) is 6.27. The zero-order valence-corrected chi connectivity index (χ0v) is 9.98. The quantitative estimate of drug-likeness (QED) is 0.748. The van der Waals surface area contributed by atoms with Gasteiger partial charge in [-0.05, 0) is 26.7 Å². The molecule has 2 saturated heterocycles. The largest absolute Gasteiger partial charge is 0.379 e. The summed E-state index contributed by atoms with van der Waals surface area (Å²) in [7, 11) is 0. The summed E-state index contributed by atoms with van der Waals surface area (Å²) in [6.07, 6.45) is 4.06. The van der Waals surface area contributed by atoms with E-state index in [0.717, 1.165) is 31.8 Å². The van der Waals surface area contributed by atoms with Gasteiger partial charge in [-0.1, -0.05) is 6.42 Å². The molecule has 0 spiro atoms. The van der Waals surface area contributed by atoms with E-state index in [1.165, 1.54) is 19.3 Å². The molecule has 2 N–H and O–H groups in total. The van der Waals surface area contributed by atoms with Crippen molar-refractivity contribution in [1.29, 1.82) is 0 Å². The Hall–Kier alpha value is -0.120. The number of nitrogens with zero attached hydrogens (tertiary/aromatic N) is 1. The van der Waals surface area contributed by atoms with Gasteiger partial charge in [-0.3, -0.25) is 4.90 Å². The normalized spacial score (nSPS) is 43.4. The lowest BCUT2D eigenvalue weighted by molar-refractivity contribution is 0.0775. The van der Waals surface area contributed by atoms with Gasteiger partial charge in [0.1, 0.15) is 0 Å². The monoisotopic (exact) mass is 212 g/mol. The molecule has 0 saturated carbocycles. The van der Waals surface area contributed by atoms with Crippen molar-refractivity contribution in [3.8, 4) is 0 Å². The maximum absolute atomic E-state index is 6.04. The van der Waals surface area contributed by atoms with Crippen LogP contribution in [0.25, 0.3) is 0 Å². The summed E-state index contributed by atoms with van der Waals surface area (Å²) in [6, 6.07) is 1.70. The first-order valence-electron chi connectivity index (χ1n) is 6.27. The predicted molar refractivity (Wildman–Crippen MR) is 61.8 cm³/mol. The van der Waals surface area contributed by atoms with Gasteiger partial charge in [0, 0.05) is 30.6 Å². The molecule has 3 nitrogen and oxygen atoms in total. The topological polar surface area (TPSA) is 38.5 Å². The molecule has 0 aromatic rings. The highest BCUT2D eigenvalue weighted by atomic mass is 16.5. The Labute approximate surface area is 93.0 Å². The molecular formula is C12H24N2O. The van der Waals surface area contributed by atoms with E-state index < -0.39 is 0 Å². The zero-order valence-electron chi connectivity index (χ0n) is 9.98. The van der Waals surface area contributed by atoms with Gasteiger partial charge in [-0.15, -0.1) is 0 Å². The predicted octanol–water partition coefficient (Wildman–Crippen LogP) is 1.22. The molecule has 15 heavy (non-hydrogen) atoms. The van der Waals surface area contributed by atoms with Crippen molar-refractivity contribution >= 4 is 0 Å². The molecule has 88 valence electrons. The number of hydrogen-bond acceptors (Lipinski definition) is 3. The van der Waals surface area contributed by atoms with Crippen LogP contribution in [-0.4, -0.2) is 42.8 Å². The molecule has 0 aromatic carbocycles. The minimum absolute atomic E-state index is 0.256. The molecule has 2 unspecified atom stereocenters. The van der Waals surface area contributed by atoms with Crippen LogP contribution in [0.15, 0.2) is 0 Å². The Morgan fingerprint density at radius 1 is 1.20 bits per heavy atom. The number of likely N-dealkylation sites (tertiary alicyclic amines) is 1. The van der Waals surface area contributed by atoms with Gasteiger partial charge in [0.15, 0.2) is 0 Å². The van der Waals surface area contributed by atoms with E-state index in [4.69, 9.17) is 10.5 Å². The molecule has 3 heteroatoms. The van der Waals surface area contributed by atoms with Gasteiger partial charge >= 0.3 is 0 Å². The Balaban J connectivity index is 1.90. The standard InChI is InChI=1S/C12H24N2O/c1-9-4-3-5-10(2)14(9)6-11-7-15-8-12(11)13/h9-12H,3-8,13H2,1-2H3/t9-,10+,11?,12?. The number of hydrogen-bond donors (Lipinski definition) is 1. The number of ether oxygens (including phenoxy) is 1. The Bertz CT molecular complexity index is 200. The minimum Gasteiger partial charge on any atom is -0.379 e. The van der Waals surface area contributed by atoms with Gasteiger partial charge in [-0.2, -0.15) is 0 Å². The Morgan fingerprint density at radius 2 is 1.87 bits per heavy atom. The average Bonchev–Trinajstić information content (AvgIpc) is 2.58. The SMILES string of the molecule is C[C@@H]1CCC[C@H](C)N1CC1COCC1N. The van der Waals surface area contributed by atoms with Crippen molar-refractivity contribution in [2.75, 3.05) is 19.8 Å². The van der Waals surface area contributed by atoms with Crippen molar-refractivity contribution < 1.29 is 4.74 Å². The molecule has 2 aliphatic rings. The number of nitrogens with two attached hydrogens (primary N) is 1. The first kappa shape index (κ1) is 11.4. The third-order valence-electron chi connectivity index (χ3n) is 4.07. The molecule has 0 aliphatic carbocycles. The Morgan fingerprint density at radius 3 is 2.40 bits per heavy atom. The van der Waals surface area contributed by atoms with E-state index in [1.54, 1.807) is 0 Å². The number of piperidine rings is 1.